The van der Waals surface area contributed by atoms with Gasteiger partial charge in [0.1, 0.15) is 5.82 Å². The molecule has 4 nitrogen and oxygen atoms in total. The average Bonchev–Trinajstić information content (AvgIpc) is 2.86. The summed E-state index contributed by atoms with van der Waals surface area (Å²) in [6.07, 6.45) is 2.29. The molecule has 0 bridgehead atoms. The van der Waals surface area contributed by atoms with Crippen molar-refractivity contribution in [3.05, 3.63) is 29.6 Å². The number of nitrogens with two attached hydrogens (primary N) is 1. The smallest absolute Gasteiger partial charge is 0.115 e. The molecule has 4 heteroatoms. The highest BCUT2D eigenvalue weighted by Crippen LogP contribution is 2.31. The van der Waals surface area contributed by atoms with Crippen LogP contribution in [0, 0.1) is 0 Å². The highest BCUT2D eigenvalue weighted by atomic mass is 16.5. The lowest BCUT2D eigenvalue weighted by Crippen LogP contribution is -2.20. The molecule has 2 heterocycles. The lowest BCUT2D eigenvalue weighted by atomic mass is 10.0. The molecular formula is C16H23N3O. The molecule has 1 aliphatic heterocycles. The first-order chi connectivity index (χ1) is 9.70. The van der Waals surface area contributed by atoms with Crippen LogP contribution in [0.1, 0.15) is 50.0 Å². The Morgan fingerprint density at radius 3 is 2.95 bits per heavy atom. The Kier molecular flexibility index (Phi) is 3.76. The fourth-order valence-electron chi connectivity index (χ4n) is 3.06. The van der Waals surface area contributed by atoms with Crippen molar-refractivity contribution >= 4 is 11.0 Å². The number of nitrogens with zero attached hydrogens (tertiary/aromatic N) is 2. The van der Waals surface area contributed by atoms with Crippen molar-refractivity contribution in [1.82, 2.24) is 9.55 Å². The van der Waals surface area contributed by atoms with Gasteiger partial charge in [-0.15, -0.1) is 0 Å². The fourth-order valence-corrected chi connectivity index (χ4v) is 3.06. The van der Waals surface area contributed by atoms with E-state index in [-0.39, 0.29) is 0 Å². The summed E-state index contributed by atoms with van der Waals surface area (Å²) in [7, 11) is 0. The van der Waals surface area contributed by atoms with Crippen LogP contribution < -0.4 is 5.73 Å². The summed E-state index contributed by atoms with van der Waals surface area (Å²) in [5, 5.41) is 0. The number of fused-ring (bicyclic) bond motifs is 1. The predicted molar refractivity (Wildman–Crippen MR) is 80.8 cm³/mol. The maximum absolute atomic E-state index is 5.73. The molecule has 2 N–H and O–H groups in total. The minimum atomic E-state index is 0.403. The Morgan fingerprint density at radius 2 is 2.30 bits per heavy atom. The summed E-state index contributed by atoms with van der Waals surface area (Å²) in [6.45, 7) is 6.66. The van der Waals surface area contributed by atoms with Crippen LogP contribution in [0.5, 0.6) is 0 Å². The first-order valence-corrected chi connectivity index (χ1v) is 7.49. The molecule has 1 aromatic heterocycles. The second-order valence-electron chi connectivity index (χ2n) is 5.88. The van der Waals surface area contributed by atoms with E-state index in [1.165, 1.54) is 17.8 Å². The van der Waals surface area contributed by atoms with Crippen LogP contribution in [0.2, 0.25) is 0 Å². The molecule has 0 radical (unpaired) electrons. The van der Waals surface area contributed by atoms with E-state index in [9.17, 15) is 0 Å². The van der Waals surface area contributed by atoms with Crippen molar-refractivity contribution in [3.8, 4) is 0 Å². The van der Waals surface area contributed by atoms with Crippen LogP contribution >= 0.6 is 0 Å². The SMILES string of the molecule is CC(C)n1c(C2CCCOC2)nc2cc(CN)ccc21. The molecule has 2 aromatic rings. The molecule has 0 saturated carbocycles. The van der Waals surface area contributed by atoms with E-state index in [0.717, 1.165) is 30.7 Å². The lowest BCUT2D eigenvalue weighted by Gasteiger charge is -2.24. The van der Waals surface area contributed by atoms with Gasteiger partial charge in [0, 0.05) is 25.1 Å². The topological polar surface area (TPSA) is 53.1 Å². The van der Waals surface area contributed by atoms with E-state index in [2.05, 4.69) is 36.6 Å². The van der Waals surface area contributed by atoms with Gasteiger partial charge in [0.05, 0.1) is 17.6 Å². The highest BCUT2D eigenvalue weighted by Gasteiger charge is 2.24. The average molecular weight is 273 g/mol. The van der Waals surface area contributed by atoms with Crippen LogP contribution in [-0.2, 0) is 11.3 Å². The first kappa shape index (κ1) is 13.6. The minimum Gasteiger partial charge on any atom is -0.381 e. The largest absolute Gasteiger partial charge is 0.381 e. The van der Waals surface area contributed by atoms with Crippen LogP contribution in [0.25, 0.3) is 11.0 Å². The van der Waals surface area contributed by atoms with Crippen LogP contribution in [-0.4, -0.2) is 22.8 Å². The number of aromatic nitrogens is 2. The van der Waals surface area contributed by atoms with E-state index in [1.54, 1.807) is 0 Å². The van der Waals surface area contributed by atoms with Gasteiger partial charge in [-0.05, 0) is 44.4 Å². The molecular weight excluding hydrogens is 250 g/mol. The van der Waals surface area contributed by atoms with Crippen molar-refractivity contribution in [2.45, 2.75) is 45.2 Å². The number of benzene rings is 1. The van der Waals surface area contributed by atoms with Crippen LogP contribution in [0.3, 0.4) is 0 Å². The zero-order chi connectivity index (χ0) is 14.1. The third-order valence-corrected chi connectivity index (χ3v) is 4.06. The normalized spacial score (nSPS) is 19.9. The van der Waals surface area contributed by atoms with Gasteiger partial charge >= 0.3 is 0 Å². The maximum Gasteiger partial charge on any atom is 0.115 e. The summed E-state index contributed by atoms with van der Waals surface area (Å²) < 4.78 is 7.99. The van der Waals surface area contributed by atoms with Gasteiger partial charge in [-0.2, -0.15) is 0 Å². The van der Waals surface area contributed by atoms with E-state index >= 15 is 0 Å². The monoisotopic (exact) mass is 273 g/mol. The summed E-state index contributed by atoms with van der Waals surface area (Å²) in [5.41, 5.74) is 9.13. The van der Waals surface area contributed by atoms with Gasteiger partial charge in [0.15, 0.2) is 0 Å². The summed E-state index contributed by atoms with van der Waals surface area (Å²) in [6, 6.07) is 6.77. The minimum absolute atomic E-state index is 0.403. The molecule has 1 atom stereocenters. The summed E-state index contributed by atoms with van der Waals surface area (Å²) in [5.74, 6) is 1.59. The molecule has 1 aliphatic rings. The highest BCUT2D eigenvalue weighted by molar-refractivity contribution is 5.77. The number of hydrogen-bond donors (Lipinski definition) is 1. The zero-order valence-corrected chi connectivity index (χ0v) is 12.3. The molecule has 0 amide bonds. The quantitative estimate of drug-likeness (QED) is 0.935. The van der Waals surface area contributed by atoms with E-state index in [4.69, 9.17) is 15.5 Å². The Labute approximate surface area is 119 Å². The van der Waals surface area contributed by atoms with E-state index < -0.39 is 0 Å². The number of ether oxygens (including phenoxy) is 1. The third kappa shape index (κ3) is 2.34. The maximum atomic E-state index is 5.73. The molecule has 0 spiro atoms. The van der Waals surface area contributed by atoms with Gasteiger partial charge in [-0.3, -0.25) is 0 Å². The van der Waals surface area contributed by atoms with Gasteiger partial charge in [0.2, 0.25) is 0 Å². The molecule has 0 aliphatic carbocycles. The standard InChI is InChI=1S/C16H23N3O/c1-11(2)19-15-6-5-12(9-17)8-14(15)18-16(19)13-4-3-7-20-10-13/h5-6,8,11,13H,3-4,7,9-10,17H2,1-2H3. The van der Waals surface area contributed by atoms with Crippen LogP contribution in [0.15, 0.2) is 18.2 Å². The Hall–Kier alpha value is -1.39. The van der Waals surface area contributed by atoms with Crippen molar-refractivity contribution in [1.29, 1.82) is 0 Å². The third-order valence-electron chi connectivity index (χ3n) is 4.06. The van der Waals surface area contributed by atoms with E-state index in [1.807, 2.05) is 0 Å². The van der Waals surface area contributed by atoms with Crippen LogP contribution in [0.4, 0.5) is 0 Å². The lowest BCUT2D eigenvalue weighted by molar-refractivity contribution is 0.0769. The Balaban J connectivity index is 2.11. The second-order valence-corrected chi connectivity index (χ2v) is 5.88. The molecule has 108 valence electrons. The van der Waals surface area contributed by atoms with Gasteiger partial charge < -0.3 is 15.0 Å². The molecule has 1 aromatic carbocycles. The van der Waals surface area contributed by atoms with Crippen molar-refractivity contribution in [2.75, 3.05) is 13.2 Å². The molecule has 20 heavy (non-hydrogen) atoms. The predicted octanol–water partition coefficient (Wildman–Crippen LogP) is 2.97. The summed E-state index contributed by atoms with van der Waals surface area (Å²) >= 11 is 0. The molecule has 1 saturated heterocycles. The van der Waals surface area contributed by atoms with Crippen molar-refractivity contribution in [2.24, 2.45) is 5.73 Å². The van der Waals surface area contributed by atoms with Crippen molar-refractivity contribution < 1.29 is 4.74 Å². The van der Waals surface area contributed by atoms with E-state index in [0.29, 0.717) is 18.5 Å². The molecule has 1 unspecified atom stereocenters. The van der Waals surface area contributed by atoms with Crippen molar-refractivity contribution in [3.63, 3.8) is 0 Å². The summed E-state index contributed by atoms with van der Waals surface area (Å²) in [4.78, 5) is 4.89. The number of imidazole rings is 1. The first-order valence-electron chi connectivity index (χ1n) is 7.49. The fraction of sp³-hybridized carbons (Fsp3) is 0.562. The van der Waals surface area contributed by atoms with Gasteiger partial charge in [0.25, 0.3) is 0 Å². The Bertz CT molecular complexity index is 597. The molecule has 3 rings (SSSR count). The zero-order valence-electron chi connectivity index (χ0n) is 12.3. The number of hydrogen-bond acceptors (Lipinski definition) is 3. The second kappa shape index (κ2) is 5.54. The van der Waals surface area contributed by atoms with Gasteiger partial charge in [-0.25, -0.2) is 4.98 Å². The Morgan fingerprint density at radius 1 is 1.45 bits per heavy atom. The molecule has 1 fully saturated rings. The van der Waals surface area contributed by atoms with Gasteiger partial charge in [-0.1, -0.05) is 6.07 Å². The number of rotatable bonds is 3.